The van der Waals surface area contributed by atoms with Gasteiger partial charge >= 0.3 is 12.0 Å². The first-order chi connectivity index (χ1) is 13.5. The Hall–Kier alpha value is -2.13. The first kappa shape index (κ1) is 24.9. The molecule has 0 unspecified atom stereocenters. The predicted octanol–water partition coefficient (Wildman–Crippen LogP) is 2.29. The lowest BCUT2D eigenvalue weighted by atomic mass is 10.1. The highest BCUT2D eigenvalue weighted by Crippen LogP contribution is 2.17. The van der Waals surface area contributed by atoms with Crippen molar-refractivity contribution in [1.82, 2.24) is 14.9 Å². The van der Waals surface area contributed by atoms with E-state index in [0.717, 1.165) is 5.56 Å². The molecule has 29 heavy (non-hydrogen) atoms. The van der Waals surface area contributed by atoms with Crippen molar-refractivity contribution in [2.75, 3.05) is 26.2 Å². The highest BCUT2D eigenvalue weighted by Gasteiger charge is 2.21. The fraction of sp³-hybridized carbons (Fsp3) is 0.600. The van der Waals surface area contributed by atoms with Crippen LogP contribution >= 0.6 is 0 Å². The highest BCUT2D eigenvalue weighted by molar-refractivity contribution is 7.89. The second-order valence-electron chi connectivity index (χ2n) is 7.58. The summed E-state index contributed by atoms with van der Waals surface area (Å²) in [4.78, 5) is 23.7. The number of esters is 1. The van der Waals surface area contributed by atoms with Crippen molar-refractivity contribution < 1.29 is 22.7 Å². The summed E-state index contributed by atoms with van der Waals surface area (Å²) in [6.07, 6.45) is 0.624. The minimum atomic E-state index is -3.48. The molecule has 0 atom stereocenters. The molecule has 1 rings (SSSR count). The van der Waals surface area contributed by atoms with Gasteiger partial charge in [0.2, 0.25) is 10.0 Å². The molecule has 0 aliphatic rings. The molecule has 1 aromatic rings. The third kappa shape index (κ3) is 8.82. The number of hydrogen-bond acceptors (Lipinski definition) is 5. The van der Waals surface area contributed by atoms with E-state index in [1.165, 1.54) is 4.31 Å². The Kier molecular flexibility index (Phi) is 9.58. The van der Waals surface area contributed by atoms with Gasteiger partial charge in [-0.25, -0.2) is 13.2 Å². The number of nitrogens with zero attached hydrogens (tertiary/aromatic N) is 1. The van der Waals surface area contributed by atoms with Crippen LogP contribution in [-0.2, 0) is 26.0 Å². The number of carbonyl (C=O) groups is 2. The lowest BCUT2D eigenvalue weighted by Crippen LogP contribution is -2.47. The minimum Gasteiger partial charge on any atom is -0.464 e. The van der Waals surface area contributed by atoms with Crippen LogP contribution in [0, 0.1) is 0 Å². The molecular weight excluding hydrogens is 394 g/mol. The molecule has 0 aliphatic carbocycles. The van der Waals surface area contributed by atoms with Gasteiger partial charge in [-0.15, -0.1) is 0 Å². The number of amides is 2. The summed E-state index contributed by atoms with van der Waals surface area (Å²) in [6, 6.07) is 6.23. The lowest BCUT2D eigenvalue weighted by Gasteiger charge is -2.20. The first-order valence-electron chi connectivity index (χ1n) is 9.80. The van der Waals surface area contributed by atoms with Crippen LogP contribution in [0.25, 0.3) is 0 Å². The number of rotatable bonds is 10. The van der Waals surface area contributed by atoms with Crippen molar-refractivity contribution in [3.8, 4) is 0 Å². The summed E-state index contributed by atoms with van der Waals surface area (Å²) in [5.74, 6) is -0.372. The molecule has 0 saturated heterocycles. The fourth-order valence-corrected chi connectivity index (χ4v) is 4.03. The lowest BCUT2D eigenvalue weighted by molar-refractivity contribution is -0.143. The second-order valence-corrected chi connectivity index (χ2v) is 9.52. The van der Waals surface area contributed by atoms with Gasteiger partial charge in [-0.2, -0.15) is 4.31 Å². The SMILES string of the molecule is CCN(CC)S(=O)(=O)c1ccc(CCC(=O)OCCNC(=O)NC(C)(C)C)cc1. The average Bonchev–Trinajstić information content (AvgIpc) is 2.63. The second kappa shape index (κ2) is 11.2. The van der Waals surface area contributed by atoms with E-state index in [1.807, 2.05) is 20.8 Å². The van der Waals surface area contributed by atoms with Crippen molar-refractivity contribution in [3.05, 3.63) is 29.8 Å². The zero-order valence-corrected chi connectivity index (χ0v) is 18.8. The van der Waals surface area contributed by atoms with Crippen molar-refractivity contribution >= 4 is 22.0 Å². The van der Waals surface area contributed by atoms with Gasteiger partial charge in [-0.1, -0.05) is 26.0 Å². The molecule has 9 heteroatoms. The van der Waals surface area contributed by atoms with E-state index in [-0.39, 0.29) is 42.0 Å². The molecule has 0 fully saturated rings. The van der Waals surface area contributed by atoms with Crippen LogP contribution in [0.1, 0.15) is 46.6 Å². The van der Waals surface area contributed by atoms with Gasteiger partial charge in [0.05, 0.1) is 11.4 Å². The molecule has 0 heterocycles. The van der Waals surface area contributed by atoms with E-state index in [0.29, 0.717) is 19.5 Å². The van der Waals surface area contributed by atoms with Crippen LogP contribution in [0.15, 0.2) is 29.2 Å². The largest absolute Gasteiger partial charge is 0.464 e. The Morgan fingerprint density at radius 1 is 1.07 bits per heavy atom. The standard InChI is InChI=1S/C20H33N3O5S/c1-6-23(7-2)29(26,27)17-11-8-16(9-12-17)10-13-18(24)28-15-14-21-19(25)22-20(3,4)5/h8-9,11-12H,6-7,10,13-15H2,1-5H3,(H2,21,22,25). The molecule has 0 saturated carbocycles. The van der Waals surface area contributed by atoms with E-state index in [1.54, 1.807) is 38.1 Å². The molecular formula is C20H33N3O5S. The van der Waals surface area contributed by atoms with E-state index in [2.05, 4.69) is 10.6 Å². The van der Waals surface area contributed by atoms with Gasteiger partial charge in [0.15, 0.2) is 0 Å². The Balaban J connectivity index is 2.40. The smallest absolute Gasteiger partial charge is 0.315 e. The topological polar surface area (TPSA) is 105 Å². The summed E-state index contributed by atoms with van der Waals surface area (Å²) in [5.41, 5.74) is 0.518. The van der Waals surface area contributed by atoms with Crippen LogP contribution < -0.4 is 10.6 Å². The average molecular weight is 428 g/mol. The quantitative estimate of drug-likeness (QED) is 0.440. The number of aryl methyl sites for hydroxylation is 1. The molecule has 1 aromatic carbocycles. The van der Waals surface area contributed by atoms with E-state index < -0.39 is 10.0 Å². The van der Waals surface area contributed by atoms with Crippen LogP contribution in [0.4, 0.5) is 4.79 Å². The third-order valence-electron chi connectivity index (χ3n) is 4.02. The van der Waals surface area contributed by atoms with Crippen LogP contribution in [0.2, 0.25) is 0 Å². The monoisotopic (exact) mass is 427 g/mol. The van der Waals surface area contributed by atoms with Gasteiger partial charge in [0.25, 0.3) is 0 Å². The fourth-order valence-electron chi connectivity index (χ4n) is 2.57. The molecule has 0 spiro atoms. The van der Waals surface area contributed by atoms with E-state index >= 15 is 0 Å². The van der Waals surface area contributed by atoms with Crippen molar-refractivity contribution in [2.24, 2.45) is 0 Å². The number of nitrogens with one attached hydrogen (secondary N) is 2. The summed E-state index contributed by atoms with van der Waals surface area (Å²) in [7, 11) is -3.48. The third-order valence-corrected chi connectivity index (χ3v) is 6.09. The predicted molar refractivity (Wildman–Crippen MR) is 112 cm³/mol. The number of urea groups is 1. The van der Waals surface area contributed by atoms with Crippen LogP contribution in [-0.4, -0.2) is 56.5 Å². The molecule has 0 bridgehead atoms. The minimum absolute atomic E-state index is 0.0947. The maximum atomic E-state index is 12.5. The molecule has 164 valence electrons. The van der Waals surface area contributed by atoms with Crippen LogP contribution in [0.5, 0.6) is 0 Å². The van der Waals surface area contributed by atoms with E-state index in [9.17, 15) is 18.0 Å². The van der Waals surface area contributed by atoms with Gasteiger partial charge in [0.1, 0.15) is 6.61 Å². The Bertz CT molecular complexity index is 766. The highest BCUT2D eigenvalue weighted by atomic mass is 32.2. The maximum Gasteiger partial charge on any atom is 0.315 e. The number of sulfonamides is 1. The van der Waals surface area contributed by atoms with Crippen molar-refractivity contribution in [3.63, 3.8) is 0 Å². The summed E-state index contributed by atoms with van der Waals surface area (Å²) in [5, 5.41) is 5.37. The normalized spacial score (nSPS) is 11.9. The molecule has 8 nitrogen and oxygen atoms in total. The first-order valence-corrected chi connectivity index (χ1v) is 11.2. The van der Waals surface area contributed by atoms with Crippen LogP contribution in [0.3, 0.4) is 0 Å². The zero-order chi connectivity index (χ0) is 22.1. The van der Waals surface area contributed by atoms with E-state index in [4.69, 9.17) is 4.74 Å². The van der Waals surface area contributed by atoms with Gasteiger partial charge in [0, 0.05) is 25.0 Å². The van der Waals surface area contributed by atoms with Gasteiger partial charge in [-0.3, -0.25) is 4.79 Å². The summed E-state index contributed by atoms with van der Waals surface area (Å²) >= 11 is 0. The zero-order valence-electron chi connectivity index (χ0n) is 17.9. The number of ether oxygens (including phenoxy) is 1. The number of hydrogen-bond donors (Lipinski definition) is 2. The Morgan fingerprint density at radius 2 is 1.66 bits per heavy atom. The molecule has 0 aromatic heterocycles. The molecule has 2 N–H and O–H groups in total. The Morgan fingerprint density at radius 3 is 2.17 bits per heavy atom. The number of carbonyl (C=O) groups excluding carboxylic acids is 2. The summed E-state index contributed by atoms with van der Waals surface area (Å²) in [6.45, 7) is 10.4. The molecule has 2 amide bonds. The van der Waals surface area contributed by atoms with Gasteiger partial charge < -0.3 is 15.4 Å². The molecule has 0 radical (unpaired) electrons. The Labute approximate surface area is 174 Å². The molecule has 0 aliphatic heterocycles. The van der Waals surface area contributed by atoms with Crippen molar-refractivity contribution in [1.29, 1.82) is 0 Å². The maximum absolute atomic E-state index is 12.5. The van der Waals surface area contributed by atoms with Gasteiger partial charge in [-0.05, 0) is 44.9 Å². The van der Waals surface area contributed by atoms with Crippen molar-refractivity contribution in [2.45, 2.75) is 57.9 Å². The summed E-state index contributed by atoms with van der Waals surface area (Å²) < 4.78 is 31.4. The number of benzene rings is 1.